The van der Waals surface area contributed by atoms with Crippen LogP contribution in [0.4, 0.5) is 0 Å². The van der Waals surface area contributed by atoms with Gasteiger partial charge in [0.1, 0.15) is 0 Å². The molecule has 1 aromatic rings. The number of hydroxylamine groups is 2. The number of ether oxygens (including phenoxy) is 1. The van der Waals surface area contributed by atoms with Gasteiger partial charge >= 0.3 is 0 Å². The van der Waals surface area contributed by atoms with Crippen molar-refractivity contribution in [2.45, 2.75) is 31.9 Å². The molecule has 0 unspecified atom stereocenters. The molecule has 24 heavy (non-hydrogen) atoms. The average molecular weight is 331 g/mol. The summed E-state index contributed by atoms with van der Waals surface area (Å²) in [7, 11) is 0. The van der Waals surface area contributed by atoms with Crippen LogP contribution in [0.15, 0.2) is 24.5 Å². The van der Waals surface area contributed by atoms with Gasteiger partial charge in [-0.05, 0) is 36.9 Å². The van der Waals surface area contributed by atoms with Gasteiger partial charge in [-0.1, -0.05) is 6.07 Å². The number of nitrogens with zero attached hydrogens (tertiary/aromatic N) is 3. The number of hydrogen-bond donors (Lipinski definition) is 0. The molecule has 0 radical (unpaired) electrons. The number of likely N-dealkylation sites (tertiary alicyclic amines) is 1. The molecular weight excluding hydrogens is 306 g/mol. The molecule has 3 atom stereocenters. The van der Waals surface area contributed by atoms with Crippen molar-refractivity contribution < 1.29 is 14.4 Å². The number of rotatable bonds is 4. The molecule has 4 heterocycles. The van der Waals surface area contributed by atoms with Gasteiger partial charge in [-0.15, -0.1) is 0 Å². The summed E-state index contributed by atoms with van der Waals surface area (Å²) in [6, 6.07) is 4.12. The van der Waals surface area contributed by atoms with Gasteiger partial charge in [0.05, 0.1) is 32.3 Å². The summed E-state index contributed by atoms with van der Waals surface area (Å²) in [6.45, 7) is 5.20. The molecule has 130 valence electrons. The Bertz CT molecular complexity index is 562. The lowest BCUT2D eigenvalue weighted by Crippen LogP contribution is -2.42. The maximum absolute atomic E-state index is 12.3. The number of piperidine rings is 1. The van der Waals surface area contributed by atoms with Gasteiger partial charge in [0, 0.05) is 31.4 Å². The van der Waals surface area contributed by atoms with Crippen molar-refractivity contribution in [2.24, 2.45) is 11.8 Å². The van der Waals surface area contributed by atoms with Crippen molar-refractivity contribution in [3.05, 3.63) is 30.1 Å². The van der Waals surface area contributed by atoms with Crippen LogP contribution in [-0.4, -0.2) is 59.8 Å². The Labute approximate surface area is 142 Å². The molecule has 4 rings (SSSR count). The molecule has 0 N–H and O–H groups in total. The van der Waals surface area contributed by atoms with Gasteiger partial charge in [-0.25, -0.2) is 5.06 Å². The normalized spacial score (nSPS) is 30.5. The number of fused-ring (bicyclic) bond motifs is 1. The zero-order chi connectivity index (χ0) is 16.4. The Kier molecular flexibility index (Phi) is 4.78. The number of carbonyl (C=O) groups excluding carboxylic acids is 1. The second-order valence-electron chi connectivity index (χ2n) is 7.07. The molecule has 3 saturated heterocycles. The molecule has 3 fully saturated rings. The van der Waals surface area contributed by atoms with Gasteiger partial charge < -0.3 is 4.74 Å². The van der Waals surface area contributed by atoms with Gasteiger partial charge in [0.2, 0.25) is 5.91 Å². The third kappa shape index (κ3) is 3.45. The van der Waals surface area contributed by atoms with Crippen molar-refractivity contribution >= 4 is 5.91 Å². The third-order valence-electron chi connectivity index (χ3n) is 5.41. The predicted octanol–water partition coefficient (Wildman–Crippen LogP) is 1.47. The fourth-order valence-electron chi connectivity index (χ4n) is 4.18. The van der Waals surface area contributed by atoms with Gasteiger partial charge in [0.25, 0.3) is 0 Å². The quantitative estimate of drug-likeness (QED) is 0.836. The van der Waals surface area contributed by atoms with E-state index in [1.807, 2.05) is 18.5 Å². The molecule has 0 aromatic carbocycles. The number of carbonyl (C=O) groups is 1. The summed E-state index contributed by atoms with van der Waals surface area (Å²) in [5.74, 6) is 1.12. The Balaban J connectivity index is 1.30. The van der Waals surface area contributed by atoms with E-state index in [-0.39, 0.29) is 12.0 Å². The fraction of sp³-hybridized carbons (Fsp3) is 0.667. The number of pyridine rings is 1. The van der Waals surface area contributed by atoms with Crippen LogP contribution in [-0.2, 0) is 20.9 Å². The Morgan fingerprint density at radius 1 is 1.38 bits per heavy atom. The van der Waals surface area contributed by atoms with Gasteiger partial charge in [-0.2, -0.15) is 0 Å². The molecule has 6 heteroatoms. The summed E-state index contributed by atoms with van der Waals surface area (Å²) in [5, 5.41) is 1.52. The van der Waals surface area contributed by atoms with Crippen LogP contribution < -0.4 is 0 Å². The number of aromatic nitrogens is 1. The fourth-order valence-corrected chi connectivity index (χ4v) is 4.18. The molecule has 3 aliphatic rings. The summed E-state index contributed by atoms with van der Waals surface area (Å²) in [6.07, 6.45) is 6.31. The van der Waals surface area contributed by atoms with Gasteiger partial charge in [-0.3, -0.25) is 19.5 Å². The van der Waals surface area contributed by atoms with Crippen molar-refractivity contribution in [3.63, 3.8) is 0 Å². The SMILES string of the molecule is O=C(C[C@H]1OC[C@H]2CN(Cc3cccnc3)CC[C@H]21)N1CCCO1. The zero-order valence-electron chi connectivity index (χ0n) is 14.0. The van der Waals surface area contributed by atoms with Gasteiger partial charge in [0.15, 0.2) is 0 Å². The lowest BCUT2D eigenvalue weighted by molar-refractivity contribution is -0.171. The number of hydrogen-bond acceptors (Lipinski definition) is 5. The molecule has 0 spiro atoms. The minimum atomic E-state index is 0.0623. The highest BCUT2D eigenvalue weighted by molar-refractivity contribution is 5.75. The van der Waals surface area contributed by atoms with E-state index in [4.69, 9.17) is 9.57 Å². The van der Waals surface area contributed by atoms with Crippen molar-refractivity contribution in [1.29, 1.82) is 0 Å². The first-order valence-corrected chi connectivity index (χ1v) is 8.96. The monoisotopic (exact) mass is 331 g/mol. The summed E-state index contributed by atoms with van der Waals surface area (Å²) < 4.78 is 5.99. The molecule has 3 aliphatic heterocycles. The highest BCUT2D eigenvalue weighted by Crippen LogP contribution is 2.36. The lowest BCUT2D eigenvalue weighted by Gasteiger charge is -2.35. The van der Waals surface area contributed by atoms with Crippen LogP contribution in [0, 0.1) is 11.8 Å². The molecule has 0 aliphatic carbocycles. The third-order valence-corrected chi connectivity index (χ3v) is 5.41. The zero-order valence-corrected chi connectivity index (χ0v) is 14.0. The minimum absolute atomic E-state index is 0.0623. The highest BCUT2D eigenvalue weighted by Gasteiger charge is 2.42. The second kappa shape index (κ2) is 7.17. The Hall–Kier alpha value is -1.50. The van der Waals surface area contributed by atoms with Crippen molar-refractivity contribution in [2.75, 3.05) is 32.8 Å². The van der Waals surface area contributed by atoms with E-state index < -0.39 is 0 Å². The van der Waals surface area contributed by atoms with Crippen LogP contribution in [0.3, 0.4) is 0 Å². The standard InChI is InChI=1S/C18H25N3O3/c22-18(21-6-2-8-24-21)9-17-16-4-7-20(12-15(16)13-23-17)11-14-3-1-5-19-10-14/h1,3,5,10,15-17H,2,4,6-9,11-13H2/t15-,16-,17-/m1/s1. The van der Waals surface area contributed by atoms with Crippen molar-refractivity contribution in [3.8, 4) is 0 Å². The summed E-state index contributed by atoms with van der Waals surface area (Å²) in [5.41, 5.74) is 1.26. The van der Waals surface area contributed by atoms with Crippen LogP contribution in [0.2, 0.25) is 0 Å². The smallest absolute Gasteiger partial charge is 0.248 e. The molecule has 0 saturated carbocycles. The number of amides is 1. The largest absolute Gasteiger partial charge is 0.377 e. The second-order valence-corrected chi connectivity index (χ2v) is 7.07. The summed E-state index contributed by atoms with van der Waals surface area (Å²) >= 11 is 0. The van der Waals surface area contributed by atoms with E-state index in [1.165, 1.54) is 10.6 Å². The van der Waals surface area contributed by atoms with Crippen LogP contribution in [0.1, 0.15) is 24.8 Å². The minimum Gasteiger partial charge on any atom is -0.377 e. The Morgan fingerprint density at radius 2 is 2.33 bits per heavy atom. The van der Waals surface area contributed by atoms with E-state index in [9.17, 15) is 4.79 Å². The molecule has 1 aromatic heterocycles. The van der Waals surface area contributed by atoms with Crippen LogP contribution in [0.25, 0.3) is 0 Å². The molecule has 0 bridgehead atoms. The van der Waals surface area contributed by atoms with E-state index in [1.54, 1.807) is 0 Å². The molecule has 6 nitrogen and oxygen atoms in total. The van der Waals surface area contributed by atoms with Crippen LogP contribution >= 0.6 is 0 Å². The predicted molar refractivity (Wildman–Crippen MR) is 87.8 cm³/mol. The van der Waals surface area contributed by atoms with E-state index >= 15 is 0 Å². The summed E-state index contributed by atoms with van der Waals surface area (Å²) in [4.78, 5) is 24.3. The first kappa shape index (κ1) is 16.0. The first-order valence-electron chi connectivity index (χ1n) is 8.96. The van der Waals surface area contributed by atoms with Crippen LogP contribution in [0.5, 0.6) is 0 Å². The molecule has 1 amide bonds. The maximum atomic E-state index is 12.3. The van der Waals surface area contributed by atoms with Crippen molar-refractivity contribution in [1.82, 2.24) is 14.9 Å². The lowest BCUT2D eigenvalue weighted by atomic mass is 9.83. The Morgan fingerprint density at radius 3 is 3.12 bits per heavy atom. The topological polar surface area (TPSA) is 54.9 Å². The van der Waals surface area contributed by atoms with E-state index in [2.05, 4.69) is 16.0 Å². The average Bonchev–Trinajstić information content (AvgIpc) is 3.26. The van der Waals surface area contributed by atoms with E-state index in [0.29, 0.717) is 24.9 Å². The first-order chi connectivity index (χ1) is 11.8. The maximum Gasteiger partial charge on any atom is 0.248 e. The molecular formula is C18H25N3O3. The van der Waals surface area contributed by atoms with E-state index in [0.717, 1.165) is 45.6 Å². The highest BCUT2D eigenvalue weighted by atomic mass is 16.7.